The van der Waals surface area contributed by atoms with Gasteiger partial charge in [0.1, 0.15) is 6.10 Å². The molecule has 0 aromatic carbocycles. The van der Waals surface area contributed by atoms with E-state index in [-0.39, 0.29) is 18.2 Å². The first-order valence-electron chi connectivity index (χ1n) is 5.84. The Balaban J connectivity index is 2.77. The van der Waals surface area contributed by atoms with Crippen molar-refractivity contribution in [2.24, 2.45) is 11.7 Å². The van der Waals surface area contributed by atoms with Gasteiger partial charge in [-0.05, 0) is 31.9 Å². The summed E-state index contributed by atoms with van der Waals surface area (Å²) in [7, 11) is 0. The van der Waals surface area contributed by atoms with Crippen LogP contribution < -0.4 is 5.73 Å². The quantitative estimate of drug-likeness (QED) is 0.832. The van der Waals surface area contributed by atoms with Crippen LogP contribution in [0.4, 0.5) is 0 Å². The van der Waals surface area contributed by atoms with Crippen molar-refractivity contribution in [3.05, 3.63) is 30.1 Å². The first kappa shape index (κ1) is 13.1. The minimum absolute atomic E-state index is 0.0592. The van der Waals surface area contributed by atoms with Gasteiger partial charge in [0.15, 0.2) is 0 Å². The summed E-state index contributed by atoms with van der Waals surface area (Å²) in [5.74, 6) is 0.477. The van der Waals surface area contributed by atoms with E-state index in [0.717, 1.165) is 5.69 Å². The van der Waals surface area contributed by atoms with Gasteiger partial charge in [-0.25, -0.2) is 0 Å². The van der Waals surface area contributed by atoms with E-state index in [2.05, 4.69) is 25.8 Å². The number of hydrogen-bond acceptors (Lipinski definition) is 3. The Bertz CT molecular complexity index is 298. The maximum absolute atomic E-state index is 5.97. The Morgan fingerprint density at radius 1 is 1.19 bits per heavy atom. The summed E-state index contributed by atoms with van der Waals surface area (Å²) in [4.78, 5) is 4.31. The number of nitrogens with zero attached hydrogens (tertiary/aromatic N) is 1. The number of nitrogens with two attached hydrogens (primary N) is 1. The van der Waals surface area contributed by atoms with Crippen LogP contribution in [0, 0.1) is 5.92 Å². The highest BCUT2D eigenvalue weighted by molar-refractivity contribution is 5.08. The molecule has 1 aromatic heterocycles. The molecule has 0 aliphatic carbocycles. The minimum atomic E-state index is -0.126. The van der Waals surface area contributed by atoms with Crippen molar-refractivity contribution >= 4 is 0 Å². The number of rotatable bonds is 5. The maximum Gasteiger partial charge on any atom is 0.115 e. The van der Waals surface area contributed by atoms with Gasteiger partial charge in [0.05, 0.1) is 11.8 Å². The molecule has 0 radical (unpaired) electrons. The van der Waals surface area contributed by atoms with E-state index in [1.807, 2.05) is 25.1 Å². The van der Waals surface area contributed by atoms with E-state index >= 15 is 0 Å². The average Bonchev–Trinajstić information content (AvgIpc) is 2.26. The second-order valence-corrected chi connectivity index (χ2v) is 4.62. The molecular formula is C13H22N2O. The molecule has 1 heterocycles. The Labute approximate surface area is 98.0 Å². The molecule has 0 spiro atoms. The average molecular weight is 222 g/mol. The molecule has 16 heavy (non-hydrogen) atoms. The van der Waals surface area contributed by atoms with Crippen LogP contribution in [0.1, 0.15) is 39.5 Å². The highest BCUT2D eigenvalue weighted by Crippen LogP contribution is 2.22. The van der Waals surface area contributed by atoms with Crippen LogP contribution in [-0.4, -0.2) is 17.1 Å². The molecule has 0 aliphatic heterocycles. The lowest BCUT2D eigenvalue weighted by Crippen LogP contribution is -2.31. The molecule has 3 atom stereocenters. The van der Waals surface area contributed by atoms with Gasteiger partial charge >= 0.3 is 0 Å². The van der Waals surface area contributed by atoms with E-state index in [1.54, 1.807) is 6.20 Å². The lowest BCUT2D eigenvalue weighted by Gasteiger charge is -2.26. The molecule has 3 unspecified atom stereocenters. The zero-order valence-corrected chi connectivity index (χ0v) is 10.6. The molecule has 90 valence electrons. The molecule has 0 bridgehead atoms. The smallest absolute Gasteiger partial charge is 0.115 e. The lowest BCUT2D eigenvalue weighted by atomic mass is 10.1. The Morgan fingerprint density at radius 2 is 1.88 bits per heavy atom. The molecule has 0 fully saturated rings. The lowest BCUT2D eigenvalue weighted by molar-refractivity contribution is -0.0384. The summed E-state index contributed by atoms with van der Waals surface area (Å²) < 4.78 is 5.97. The minimum Gasteiger partial charge on any atom is -0.367 e. The van der Waals surface area contributed by atoms with Crippen LogP contribution in [0.3, 0.4) is 0 Å². The summed E-state index contributed by atoms with van der Waals surface area (Å²) in [6.07, 6.45) is 1.82. The Hall–Kier alpha value is -0.930. The van der Waals surface area contributed by atoms with Gasteiger partial charge in [-0.2, -0.15) is 0 Å². The zero-order valence-electron chi connectivity index (χ0n) is 10.6. The highest BCUT2D eigenvalue weighted by atomic mass is 16.5. The van der Waals surface area contributed by atoms with Crippen molar-refractivity contribution < 1.29 is 4.74 Å². The SMILES string of the molecule is CC(C)C(C)OC(c1ccccn1)C(C)N. The first-order chi connectivity index (χ1) is 7.52. The van der Waals surface area contributed by atoms with Crippen LogP contribution in [0.15, 0.2) is 24.4 Å². The summed E-state index contributed by atoms with van der Waals surface area (Å²) in [6.45, 7) is 8.30. The van der Waals surface area contributed by atoms with E-state index in [1.165, 1.54) is 0 Å². The van der Waals surface area contributed by atoms with Crippen molar-refractivity contribution in [2.75, 3.05) is 0 Å². The standard InChI is InChI=1S/C13H22N2O/c1-9(2)11(4)16-13(10(3)14)12-7-5-6-8-15-12/h5-11,13H,14H2,1-4H3. The largest absolute Gasteiger partial charge is 0.367 e. The summed E-state index contributed by atoms with van der Waals surface area (Å²) in [5, 5.41) is 0. The van der Waals surface area contributed by atoms with Gasteiger partial charge < -0.3 is 10.5 Å². The second-order valence-electron chi connectivity index (χ2n) is 4.62. The number of hydrogen-bond donors (Lipinski definition) is 1. The van der Waals surface area contributed by atoms with Gasteiger partial charge in [0.25, 0.3) is 0 Å². The van der Waals surface area contributed by atoms with Gasteiger partial charge in [-0.1, -0.05) is 19.9 Å². The molecule has 0 saturated heterocycles. The van der Waals surface area contributed by atoms with Gasteiger partial charge in [0.2, 0.25) is 0 Å². The molecule has 3 heteroatoms. The number of aromatic nitrogens is 1. The third kappa shape index (κ3) is 3.58. The maximum atomic E-state index is 5.97. The first-order valence-corrected chi connectivity index (χ1v) is 5.84. The predicted octanol–water partition coefficient (Wildman–Crippen LogP) is 2.53. The van der Waals surface area contributed by atoms with Crippen LogP contribution in [0.2, 0.25) is 0 Å². The fourth-order valence-electron chi connectivity index (χ4n) is 1.40. The van der Waals surface area contributed by atoms with Gasteiger partial charge in [-0.15, -0.1) is 0 Å². The normalized spacial score (nSPS) is 17.1. The van der Waals surface area contributed by atoms with Crippen molar-refractivity contribution in [1.82, 2.24) is 4.98 Å². The molecular weight excluding hydrogens is 200 g/mol. The monoisotopic (exact) mass is 222 g/mol. The summed E-state index contributed by atoms with van der Waals surface area (Å²) >= 11 is 0. The molecule has 0 amide bonds. The van der Waals surface area contributed by atoms with Crippen molar-refractivity contribution in [3.63, 3.8) is 0 Å². The molecule has 3 nitrogen and oxygen atoms in total. The third-order valence-electron chi connectivity index (χ3n) is 2.76. The van der Waals surface area contributed by atoms with Crippen LogP contribution in [0.25, 0.3) is 0 Å². The molecule has 2 N–H and O–H groups in total. The number of ether oxygens (including phenoxy) is 1. The van der Waals surface area contributed by atoms with E-state index in [9.17, 15) is 0 Å². The van der Waals surface area contributed by atoms with Crippen LogP contribution in [-0.2, 0) is 4.74 Å². The second kappa shape index (κ2) is 5.97. The fraction of sp³-hybridized carbons (Fsp3) is 0.615. The predicted molar refractivity (Wildman–Crippen MR) is 66.0 cm³/mol. The van der Waals surface area contributed by atoms with Crippen molar-refractivity contribution in [2.45, 2.75) is 45.9 Å². The topological polar surface area (TPSA) is 48.1 Å². The van der Waals surface area contributed by atoms with Crippen LogP contribution in [0.5, 0.6) is 0 Å². The highest BCUT2D eigenvalue weighted by Gasteiger charge is 2.22. The van der Waals surface area contributed by atoms with E-state index < -0.39 is 0 Å². The Kier molecular flexibility index (Phi) is 4.90. The van der Waals surface area contributed by atoms with E-state index in [0.29, 0.717) is 5.92 Å². The molecule has 1 aromatic rings. The van der Waals surface area contributed by atoms with Crippen LogP contribution >= 0.6 is 0 Å². The third-order valence-corrected chi connectivity index (χ3v) is 2.76. The van der Waals surface area contributed by atoms with Gasteiger partial charge in [-0.3, -0.25) is 4.98 Å². The van der Waals surface area contributed by atoms with E-state index in [4.69, 9.17) is 10.5 Å². The Morgan fingerprint density at radius 3 is 2.31 bits per heavy atom. The molecule has 0 saturated carbocycles. The van der Waals surface area contributed by atoms with Gasteiger partial charge in [0, 0.05) is 12.2 Å². The zero-order chi connectivity index (χ0) is 12.1. The summed E-state index contributed by atoms with van der Waals surface area (Å²) in [6, 6.07) is 5.76. The molecule has 0 aliphatic rings. The molecule has 1 rings (SSSR count). The fourth-order valence-corrected chi connectivity index (χ4v) is 1.40. The summed E-state index contributed by atoms with van der Waals surface area (Å²) in [5.41, 5.74) is 6.86. The van der Waals surface area contributed by atoms with Crippen molar-refractivity contribution in [1.29, 1.82) is 0 Å². The van der Waals surface area contributed by atoms with Crippen molar-refractivity contribution in [3.8, 4) is 0 Å². The number of pyridine rings is 1.